The molecule has 1 aromatic heterocycles. The van der Waals surface area contributed by atoms with Crippen LogP contribution in [0.5, 0.6) is 0 Å². The Balaban J connectivity index is 1.82. The first-order valence-electron chi connectivity index (χ1n) is 7.99. The third-order valence-electron chi connectivity index (χ3n) is 4.26. The van der Waals surface area contributed by atoms with Gasteiger partial charge in [-0.25, -0.2) is 18.1 Å². The van der Waals surface area contributed by atoms with Gasteiger partial charge in [-0.2, -0.15) is 0 Å². The summed E-state index contributed by atoms with van der Waals surface area (Å²) >= 11 is 0. The summed E-state index contributed by atoms with van der Waals surface area (Å²) < 4.78 is 27.8. The van der Waals surface area contributed by atoms with Crippen molar-refractivity contribution in [1.29, 1.82) is 0 Å². The van der Waals surface area contributed by atoms with Gasteiger partial charge in [-0.3, -0.25) is 14.2 Å². The van der Waals surface area contributed by atoms with Crippen LogP contribution in [0.4, 0.5) is 0 Å². The number of sulfonamides is 1. The lowest BCUT2D eigenvalue weighted by atomic mass is 10.2. The average Bonchev–Trinajstić information content (AvgIpc) is 2.99. The standard InChI is InChI=1S/C17H19N3O4S/c1-11-6-8-13(9-7-11)25(23,24)19-16(21)10-20-12(2)18-15-5-3-4-14(15)17(20)22/h6-9H,3-5,10H2,1-2H3,(H,19,21). The molecule has 8 heteroatoms. The summed E-state index contributed by atoms with van der Waals surface area (Å²) in [7, 11) is -3.97. The van der Waals surface area contributed by atoms with Crippen molar-refractivity contribution in [3.63, 3.8) is 0 Å². The first kappa shape index (κ1) is 17.3. The van der Waals surface area contributed by atoms with Gasteiger partial charge < -0.3 is 0 Å². The molecule has 0 fully saturated rings. The summed E-state index contributed by atoms with van der Waals surface area (Å²) in [4.78, 5) is 29.0. The third-order valence-corrected chi connectivity index (χ3v) is 5.65. The van der Waals surface area contributed by atoms with E-state index in [-0.39, 0.29) is 17.0 Å². The Morgan fingerprint density at radius 1 is 1.20 bits per heavy atom. The van der Waals surface area contributed by atoms with Gasteiger partial charge in [0.1, 0.15) is 12.4 Å². The van der Waals surface area contributed by atoms with Gasteiger partial charge in [0, 0.05) is 5.56 Å². The summed E-state index contributed by atoms with van der Waals surface area (Å²) in [6.45, 7) is 3.10. The minimum Gasteiger partial charge on any atom is -0.287 e. The van der Waals surface area contributed by atoms with Gasteiger partial charge in [-0.15, -0.1) is 0 Å². The van der Waals surface area contributed by atoms with Gasteiger partial charge in [0.15, 0.2) is 0 Å². The third kappa shape index (κ3) is 3.48. The zero-order chi connectivity index (χ0) is 18.2. The van der Waals surface area contributed by atoms with Gasteiger partial charge in [0.25, 0.3) is 21.5 Å². The number of benzene rings is 1. The number of hydrogen-bond acceptors (Lipinski definition) is 5. The number of amides is 1. The van der Waals surface area contributed by atoms with E-state index >= 15 is 0 Å². The van der Waals surface area contributed by atoms with Crippen LogP contribution < -0.4 is 10.3 Å². The lowest BCUT2D eigenvalue weighted by Gasteiger charge is -2.12. The Kier molecular flexibility index (Phi) is 4.47. The highest BCUT2D eigenvalue weighted by atomic mass is 32.2. The number of fused-ring (bicyclic) bond motifs is 1. The summed E-state index contributed by atoms with van der Waals surface area (Å²) in [5.41, 5.74) is 2.06. The molecule has 0 saturated carbocycles. The Morgan fingerprint density at radius 3 is 2.56 bits per heavy atom. The maximum atomic E-state index is 12.5. The molecule has 0 bridgehead atoms. The number of rotatable bonds is 4. The van der Waals surface area contributed by atoms with E-state index < -0.39 is 15.9 Å². The molecule has 1 aliphatic rings. The van der Waals surface area contributed by atoms with Crippen molar-refractivity contribution in [1.82, 2.24) is 14.3 Å². The highest BCUT2D eigenvalue weighted by Crippen LogP contribution is 2.16. The molecule has 25 heavy (non-hydrogen) atoms. The first-order chi connectivity index (χ1) is 11.8. The molecule has 7 nitrogen and oxygen atoms in total. The van der Waals surface area contributed by atoms with E-state index in [0.717, 1.165) is 24.1 Å². The van der Waals surface area contributed by atoms with Crippen LogP contribution in [0.2, 0.25) is 0 Å². The molecule has 0 spiro atoms. The number of hydrogen-bond donors (Lipinski definition) is 1. The number of carbonyl (C=O) groups is 1. The van der Waals surface area contributed by atoms with Gasteiger partial charge in [-0.1, -0.05) is 17.7 Å². The normalized spacial score (nSPS) is 13.5. The van der Waals surface area contributed by atoms with Crippen molar-refractivity contribution >= 4 is 15.9 Å². The van der Waals surface area contributed by atoms with Crippen molar-refractivity contribution in [3.8, 4) is 0 Å². The van der Waals surface area contributed by atoms with Crippen LogP contribution in [0.15, 0.2) is 34.0 Å². The quantitative estimate of drug-likeness (QED) is 0.871. The number of aryl methyl sites for hydroxylation is 3. The molecule has 2 aromatic rings. The second-order valence-corrected chi connectivity index (χ2v) is 7.85. The Labute approximate surface area is 145 Å². The smallest absolute Gasteiger partial charge is 0.264 e. The monoisotopic (exact) mass is 361 g/mol. The van der Waals surface area contributed by atoms with Crippen LogP contribution in [-0.2, 0) is 34.2 Å². The molecule has 1 aliphatic carbocycles. The molecule has 132 valence electrons. The van der Waals surface area contributed by atoms with Gasteiger partial charge in [-0.05, 0) is 45.2 Å². The zero-order valence-corrected chi connectivity index (χ0v) is 14.9. The topological polar surface area (TPSA) is 98.1 Å². The minimum atomic E-state index is -3.97. The van der Waals surface area contributed by atoms with Crippen LogP contribution in [0, 0.1) is 13.8 Å². The van der Waals surface area contributed by atoms with Crippen LogP contribution in [-0.4, -0.2) is 23.9 Å². The predicted octanol–water partition coefficient (Wildman–Crippen LogP) is 0.854. The number of nitrogens with one attached hydrogen (secondary N) is 1. The molecule has 0 unspecified atom stereocenters. The molecule has 1 aromatic carbocycles. The summed E-state index contributed by atoms with van der Waals surface area (Å²) in [5.74, 6) is -0.362. The van der Waals surface area contributed by atoms with Crippen molar-refractivity contribution < 1.29 is 13.2 Å². The van der Waals surface area contributed by atoms with Gasteiger partial charge >= 0.3 is 0 Å². The molecule has 1 amide bonds. The van der Waals surface area contributed by atoms with E-state index in [4.69, 9.17) is 0 Å². The highest BCUT2D eigenvalue weighted by Gasteiger charge is 2.22. The number of nitrogens with zero attached hydrogens (tertiary/aromatic N) is 2. The van der Waals surface area contributed by atoms with Crippen LogP contribution in [0.1, 0.15) is 29.1 Å². The van der Waals surface area contributed by atoms with Crippen molar-refractivity contribution in [2.24, 2.45) is 0 Å². The maximum absolute atomic E-state index is 12.5. The summed E-state index contributed by atoms with van der Waals surface area (Å²) in [5, 5.41) is 0. The lowest BCUT2D eigenvalue weighted by molar-refractivity contribution is -0.120. The first-order valence-corrected chi connectivity index (χ1v) is 9.48. The van der Waals surface area contributed by atoms with Crippen LogP contribution >= 0.6 is 0 Å². The van der Waals surface area contributed by atoms with Crippen molar-refractivity contribution in [2.75, 3.05) is 0 Å². The molecule has 0 aliphatic heterocycles. The Morgan fingerprint density at radius 2 is 1.88 bits per heavy atom. The van der Waals surface area contributed by atoms with Crippen LogP contribution in [0.3, 0.4) is 0 Å². The van der Waals surface area contributed by atoms with Crippen molar-refractivity contribution in [2.45, 2.75) is 44.6 Å². The van der Waals surface area contributed by atoms with Crippen molar-refractivity contribution in [3.05, 3.63) is 57.3 Å². The van der Waals surface area contributed by atoms with E-state index in [1.807, 2.05) is 11.6 Å². The molecule has 0 saturated heterocycles. The summed E-state index contributed by atoms with van der Waals surface area (Å²) in [6, 6.07) is 6.16. The molecule has 0 atom stereocenters. The van der Waals surface area contributed by atoms with E-state index in [0.29, 0.717) is 17.8 Å². The molecule has 1 N–H and O–H groups in total. The summed E-state index contributed by atoms with van der Waals surface area (Å²) in [6.07, 6.45) is 2.28. The molecular formula is C17H19N3O4S. The average molecular weight is 361 g/mol. The maximum Gasteiger partial charge on any atom is 0.264 e. The fraction of sp³-hybridized carbons (Fsp3) is 0.353. The van der Waals surface area contributed by atoms with Gasteiger partial charge in [0.2, 0.25) is 0 Å². The zero-order valence-electron chi connectivity index (χ0n) is 14.1. The van der Waals surface area contributed by atoms with E-state index in [1.54, 1.807) is 19.1 Å². The second kappa shape index (κ2) is 6.44. The Bertz CT molecular complexity index is 992. The van der Waals surface area contributed by atoms with E-state index in [1.165, 1.54) is 16.7 Å². The molecule has 1 heterocycles. The number of carbonyl (C=O) groups excluding carboxylic acids is 1. The largest absolute Gasteiger partial charge is 0.287 e. The van der Waals surface area contributed by atoms with E-state index in [9.17, 15) is 18.0 Å². The molecule has 0 radical (unpaired) electrons. The van der Waals surface area contributed by atoms with Crippen LogP contribution in [0.25, 0.3) is 0 Å². The highest BCUT2D eigenvalue weighted by molar-refractivity contribution is 7.90. The number of aromatic nitrogens is 2. The predicted molar refractivity (Wildman–Crippen MR) is 91.8 cm³/mol. The fourth-order valence-electron chi connectivity index (χ4n) is 2.94. The van der Waals surface area contributed by atoms with E-state index in [2.05, 4.69) is 4.98 Å². The second-order valence-electron chi connectivity index (χ2n) is 6.17. The SMILES string of the molecule is Cc1ccc(S(=O)(=O)NC(=O)Cn2c(C)nc3c(c2=O)CCC3)cc1. The lowest BCUT2D eigenvalue weighted by Crippen LogP contribution is -2.38. The van der Waals surface area contributed by atoms with Gasteiger partial charge in [0.05, 0.1) is 10.6 Å². The Hall–Kier alpha value is -2.48. The molecular weight excluding hydrogens is 342 g/mol. The molecule has 3 rings (SSSR count). The minimum absolute atomic E-state index is 0.00240. The fourth-order valence-corrected chi connectivity index (χ4v) is 3.91.